The number of anilines is 1. The number of aryl methyl sites for hydroxylation is 1. The van der Waals surface area contributed by atoms with E-state index in [1.165, 1.54) is 12.1 Å². The summed E-state index contributed by atoms with van der Waals surface area (Å²) < 4.78 is 41.1. The van der Waals surface area contributed by atoms with E-state index < -0.39 is 29.6 Å². The van der Waals surface area contributed by atoms with Crippen LogP contribution in [0.15, 0.2) is 66.2 Å². The fraction of sp³-hybridized carbons (Fsp3) is 0.125. The van der Waals surface area contributed by atoms with Gasteiger partial charge in [-0.2, -0.15) is 13.2 Å². The minimum absolute atomic E-state index is 0.261. The molecule has 1 saturated heterocycles. The molecule has 9 heteroatoms. The summed E-state index contributed by atoms with van der Waals surface area (Å²) >= 11 is 0. The lowest BCUT2D eigenvalue weighted by Gasteiger charge is -2.26. The second-order valence-electron chi connectivity index (χ2n) is 7.50. The zero-order valence-corrected chi connectivity index (χ0v) is 17.6. The molecule has 2 aromatic carbocycles. The lowest BCUT2D eigenvalue weighted by molar-refractivity contribution is -0.137. The molecule has 3 aromatic rings. The topological polar surface area (TPSA) is 71.4 Å². The van der Waals surface area contributed by atoms with Gasteiger partial charge < -0.3 is 4.57 Å². The number of benzene rings is 2. The van der Waals surface area contributed by atoms with E-state index in [1.54, 1.807) is 60.9 Å². The molecule has 4 rings (SSSR count). The molecule has 0 spiro atoms. The Kier molecular flexibility index (Phi) is 5.41. The van der Waals surface area contributed by atoms with Gasteiger partial charge in [-0.1, -0.05) is 24.3 Å². The molecule has 2 heterocycles. The minimum atomic E-state index is -4.49. The van der Waals surface area contributed by atoms with Crippen molar-refractivity contribution in [2.75, 3.05) is 4.90 Å². The first kappa shape index (κ1) is 22.1. The van der Waals surface area contributed by atoms with Crippen LogP contribution in [0.1, 0.15) is 22.5 Å². The van der Waals surface area contributed by atoms with E-state index in [2.05, 4.69) is 5.32 Å². The number of carbonyl (C=O) groups excluding carboxylic acids is 3. The highest BCUT2D eigenvalue weighted by Crippen LogP contribution is 2.32. The van der Waals surface area contributed by atoms with Gasteiger partial charge in [0.05, 0.1) is 11.3 Å². The Morgan fingerprint density at radius 2 is 1.55 bits per heavy atom. The Hall–Kier alpha value is -4.14. The molecule has 6 nitrogen and oxygen atoms in total. The van der Waals surface area contributed by atoms with Crippen LogP contribution in [0.2, 0.25) is 0 Å². The van der Waals surface area contributed by atoms with Crippen LogP contribution in [0, 0.1) is 13.8 Å². The van der Waals surface area contributed by atoms with E-state index in [4.69, 9.17) is 0 Å². The van der Waals surface area contributed by atoms with Gasteiger partial charge in [0.25, 0.3) is 11.8 Å². The number of hydrogen-bond acceptors (Lipinski definition) is 3. The number of amides is 4. The largest absolute Gasteiger partial charge is 0.416 e. The maximum Gasteiger partial charge on any atom is 0.416 e. The summed E-state index contributed by atoms with van der Waals surface area (Å²) in [4.78, 5) is 38.6. The second kappa shape index (κ2) is 8.09. The van der Waals surface area contributed by atoms with Crippen molar-refractivity contribution >= 4 is 29.6 Å². The van der Waals surface area contributed by atoms with Crippen LogP contribution in [0.5, 0.6) is 0 Å². The van der Waals surface area contributed by atoms with Gasteiger partial charge in [0.15, 0.2) is 0 Å². The molecule has 0 unspecified atom stereocenters. The Labute approximate surface area is 186 Å². The SMILES string of the molecule is Cc1cc(/C=C2\C(=O)NC(=O)N(c3ccccc3)C2=O)c(C)n1-c1cccc(C(F)(F)F)c1. The number of halogens is 3. The number of urea groups is 1. The molecule has 4 amide bonds. The molecule has 0 saturated carbocycles. The Morgan fingerprint density at radius 3 is 2.21 bits per heavy atom. The number of barbiturate groups is 1. The predicted molar refractivity (Wildman–Crippen MR) is 116 cm³/mol. The molecule has 1 fully saturated rings. The summed E-state index contributed by atoms with van der Waals surface area (Å²) in [7, 11) is 0. The van der Waals surface area contributed by atoms with Crippen molar-refractivity contribution in [3.8, 4) is 5.69 Å². The number of carbonyl (C=O) groups is 3. The summed E-state index contributed by atoms with van der Waals surface area (Å²) in [6.07, 6.45) is -3.15. The van der Waals surface area contributed by atoms with Crippen LogP contribution in [-0.2, 0) is 15.8 Å². The summed E-state index contributed by atoms with van der Waals surface area (Å²) in [5.74, 6) is -1.64. The summed E-state index contributed by atoms with van der Waals surface area (Å²) in [5.41, 5.74) is 1.15. The van der Waals surface area contributed by atoms with E-state index in [-0.39, 0.29) is 5.57 Å². The molecule has 0 radical (unpaired) electrons. The number of rotatable bonds is 3. The van der Waals surface area contributed by atoms with Crippen molar-refractivity contribution in [2.24, 2.45) is 0 Å². The van der Waals surface area contributed by atoms with E-state index in [0.29, 0.717) is 28.3 Å². The fourth-order valence-corrected chi connectivity index (χ4v) is 3.78. The average Bonchev–Trinajstić information content (AvgIpc) is 3.04. The highest BCUT2D eigenvalue weighted by molar-refractivity contribution is 6.39. The van der Waals surface area contributed by atoms with E-state index >= 15 is 0 Å². The number of imide groups is 2. The number of nitrogens with zero attached hydrogens (tertiary/aromatic N) is 2. The van der Waals surface area contributed by atoms with Gasteiger partial charge in [-0.25, -0.2) is 9.69 Å². The molecule has 1 aliphatic heterocycles. The van der Waals surface area contributed by atoms with Gasteiger partial charge in [0.2, 0.25) is 0 Å². The molecule has 0 atom stereocenters. The van der Waals surface area contributed by atoms with Crippen LogP contribution in [-0.4, -0.2) is 22.4 Å². The maximum absolute atomic E-state index is 13.2. The van der Waals surface area contributed by atoms with Crippen molar-refractivity contribution in [2.45, 2.75) is 20.0 Å². The zero-order valence-electron chi connectivity index (χ0n) is 17.6. The molecule has 33 heavy (non-hydrogen) atoms. The van der Waals surface area contributed by atoms with Gasteiger partial charge in [-0.15, -0.1) is 0 Å². The quantitative estimate of drug-likeness (QED) is 0.458. The summed E-state index contributed by atoms with van der Waals surface area (Å²) in [5, 5.41) is 2.15. The van der Waals surface area contributed by atoms with Gasteiger partial charge in [-0.3, -0.25) is 14.9 Å². The molecule has 0 bridgehead atoms. The highest BCUT2D eigenvalue weighted by Gasteiger charge is 2.37. The predicted octanol–water partition coefficient (Wildman–Crippen LogP) is 4.78. The number of alkyl halides is 3. The van der Waals surface area contributed by atoms with Gasteiger partial charge in [0, 0.05) is 17.1 Å². The van der Waals surface area contributed by atoms with Crippen molar-refractivity contribution in [1.82, 2.24) is 9.88 Å². The third-order valence-electron chi connectivity index (χ3n) is 5.32. The standard InChI is InChI=1S/C24H18F3N3O3/c1-14-11-16(15(2)29(14)19-10-6-7-17(13-19)24(25,26)27)12-20-21(31)28-23(33)30(22(20)32)18-8-4-3-5-9-18/h3-13H,1-2H3,(H,28,31,33)/b20-12+. The molecule has 1 aliphatic rings. The van der Waals surface area contributed by atoms with Crippen LogP contribution >= 0.6 is 0 Å². The lowest BCUT2D eigenvalue weighted by Crippen LogP contribution is -2.54. The minimum Gasteiger partial charge on any atom is -0.318 e. The first-order valence-corrected chi connectivity index (χ1v) is 9.91. The van der Waals surface area contributed by atoms with Crippen LogP contribution < -0.4 is 10.2 Å². The monoisotopic (exact) mass is 453 g/mol. The van der Waals surface area contributed by atoms with Crippen LogP contribution in [0.4, 0.5) is 23.7 Å². The van der Waals surface area contributed by atoms with Gasteiger partial charge >= 0.3 is 12.2 Å². The number of hydrogen-bond donors (Lipinski definition) is 1. The first-order valence-electron chi connectivity index (χ1n) is 9.91. The van der Waals surface area contributed by atoms with E-state index in [9.17, 15) is 27.6 Å². The third-order valence-corrected chi connectivity index (χ3v) is 5.32. The van der Waals surface area contributed by atoms with Crippen molar-refractivity contribution in [3.05, 3.63) is 88.8 Å². The molecule has 168 valence electrons. The first-order chi connectivity index (χ1) is 15.6. The Balaban J connectivity index is 1.76. The van der Waals surface area contributed by atoms with Crippen molar-refractivity contribution in [3.63, 3.8) is 0 Å². The van der Waals surface area contributed by atoms with E-state index in [0.717, 1.165) is 17.0 Å². The fourth-order valence-electron chi connectivity index (χ4n) is 3.78. The lowest BCUT2D eigenvalue weighted by atomic mass is 10.1. The van der Waals surface area contributed by atoms with Crippen LogP contribution in [0.25, 0.3) is 11.8 Å². The summed E-state index contributed by atoms with van der Waals surface area (Å²) in [6, 6.07) is 13.8. The Bertz CT molecular complexity index is 1310. The van der Waals surface area contributed by atoms with Crippen molar-refractivity contribution in [1.29, 1.82) is 0 Å². The highest BCUT2D eigenvalue weighted by atomic mass is 19.4. The van der Waals surface area contributed by atoms with Crippen LogP contribution in [0.3, 0.4) is 0 Å². The molecular formula is C24H18F3N3O3. The number of para-hydroxylation sites is 1. The van der Waals surface area contributed by atoms with Gasteiger partial charge in [-0.05, 0) is 61.9 Å². The van der Waals surface area contributed by atoms with E-state index in [1.807, 2.05) is 0 Å². The summed E-state index contributed by atoms with van der Waals surface area (Å²) in [6.45, 7) is 3.38. The third kappa shape index (κ3) is 4.05. The zero-order chi connectivity index (χ0) is 23.9. The smallest absolute Gasteiger partial charge is 0.318 e. The molecule has 1 N–H and O–H groups in total. The molecular weight excluding hydrogens is 435 g/mol. The number of nitrogens with one attached hydrogen (secondary N) is 1. The van der Waals surface area contributed by atoms with Crippen molar-refractivity contribution < 1.29 is 27.6 Å². The van der Waals surface area contributed by atoms with Gasteiger partial charge in [0.1, 0.15) is 5.57 Å². The Morgan fingerprint density at radius 1 is 0.879 bits per heavy atom. The average molecular weight is 453 g/mol. The normalized spacial score (nSPS) is 15.8. The molecule has 0 aliphatic carbocycles. The maximum atomic E-state index is 13.2. The molecule has 1 aromatic heterocycles. The second-order valence-corrected chi connectivity index (χ2v) is 7.50. The number of aromatic nitrogens is 1.